The Hall–Kier alpha value is -0.820. The Balaban J connectivity index is 2.23. The Morgan fingerprint density at radius 3 is 2.54 bits per heavy atom. The van der Waals surface area contributed by atoms with Crippen LogP contribution in [-0.2, 0) is 5.54 Å². The Labute approximate surface area is 80.2 Å². The lowest BCUT2D eigenvalue weighted by Crippen LogP contribution is -2.43. The number of piperidine rings is 1. The Morgan fingerprint density at radius 1 is 1.15 bits per heavy atom. The molecule has 0 aliphatic carbocycles. The fourth-order valence-corrected chi connectivity index (χ4v) is 2.11. The zero-order chi connectivity index (χ0) is 9.15. The van der Waals surface area contributed by atoms with Crippen LogP contribution >= 0.6 is 0 Å². The molecule has 1 aromatic carbocycles. The molecule has 1 saturated heterocycles. The van der Waals surface area contributed by atoms with E-state index < -0.39 is 0 Å². The maximum absolute atomic E-state index is 3.61. The van der Waals surface area contributed by atoms with Crippen molar-refractivity contribution in [2.75, 3.05) is 6.54 Å². The summed E-state index contributed by atoms with van der Waals surface area (Å²) in [6.45, 7) is 3.47. The number of hydrogen-bond acceptors (Lipinski definition) is 1. The lowest BCUT2D eigenvalue weighted by atomic mass is 9.84. The standard InChI is InChI=1S/C12H17N/c1-12(9-5-6-10-13-12)11-7-3-2-4-8-11/h2-4,7-8,13H,5-6,9-10H2,1H3. The van der Waals surface area contributed by atoms with Gasteiger partial charge in [0.25, 0.3) is 0 Å². The normalized spacial score (nSPS) is 28.7. The van der Waals surface area contributed by atoms with Crippen molar-refractivity contribution < 1.29 is 0 Å². The Morgan fingerprint density at radius 2 is 1.92 bits per heavy atom. The van der Waals surface area contributed by atoms with Gasteiger partial charge < -0.3 is 5.32 Å². The molecular formula is C12H17N. The van der Waals surface area contributed by atoms with E-state index in [2.05, 4.69) is 42.6 Å². The third kappa shape index (κ3) is 1.75. The predicted molar refractivity (Wildman–Crippen MR) is 55.6 cm³/mol. The highest BCUT2D eigenvalue weighted by Gasteiger charge is 2.27. The average molecular weight is 175 g/mol. The fourth-order valence-electron chi connectivity index (χ4n) is 2.11. The molecule has 13 heavy (non-hydrogen) atoms. The van der Waals surface area contributed by atoms with E-state index in [-0.39, 0.29) is 5.54 Å². The Kier molecular flexibility index (Phi) is 2.36. The van der Waals surface area contributed by atoms with Gasteiger partial charge in [-0.3, -0.25) is 0 Å². The van der Waals surface area contributed by atoms with Crippen molar-refractivity contribution >= 4 is 0 Å². The van der Waals surface area contributed by atoms with E-state index in [1.807, 2.05) is 0 Å². The van der Waals surface area contributed by atoms with Gasteiger partial charge in [0.05, 0.1) is 0 Å². The van der Waals surface area contributed by atoms with E-state index in [0.29, 0.717) is 0 Å². The van der Waals surface area contributed by atoms with Crippen LogP contribution in [0.2, 0.25) is 0 Å². The number of hydrogen-bond donors (Lipinski definition) is 1. The van der Waals surface area contributed by atoms with Gasteiger partial charge in [0.2, 0.25) is 0 Å². The van der Waals surface area contributed by atoms with E-state index in [1.165, 1.54) is 24.8 Å². The Bertz CT molecular complexity index is 260. The first kappa shape index (κ1) is 8.76. The molecule has 1 aliphatic heterocycles. The van der Waals surface area contributed by atoms with Gasteiger partial charge in [0.15, 0.2) is 0 Å². The summed E-state index contributed by atoms with van der Waals surface area (Å²) >= 11 is 0. The van der Waals surface area contributed by atoms with Crippen LogP contribution in [-0.4, -0.2) is 6.54 Å². The van der Waals surface area contributed by atoms with Gasteiger partial charge in [0, 0.05) is 5.54 Å². The maximum atomic E-state index is 3.61. The highest BCUT2D eigenvalue weighted by atomic mass is 15.0. The van der Waals surface area contributed by atoms with Crippen molar-refractivity contribution in [3.63, 3.8) is 0 Å². The van der Waals surface area contributed by atoms with Crippen LogP contribution in [0.3, 0.4) is 0 Å². The molecule has 2 rings (SSSR count). The molecule has 1 aromatic rings. The van der Waals surface area contributed by atoms with E-state index in [9.17, 15) is 0 Å². The maximum Gasteiger partial charge on any atom is 0.0406 e. The zero-order valence-electron chi connectivity index (χ0n) is 8.22. The summed E-state index contributed by atoms with van der Waals surface area (Å²) in [7, 11) is 0. The van der Waals surface area contributed by atoms with Crippen LogP contribution < -0.4 is 5.32 Å². The molecule has 1 heteroatoms. The van der Waals surface area contributed by atoms with E-state index in [1.54, 1.807) is 0 Å². The molecule has 0 aromatic heterocycles. The lowest BCUT2D eigenvalue weighted by molar-refractivity contribution is 0.283. The van der Waals surface area contributed by atoms with E-state index in [4.69, 9.17) is 0 Å². The number of rotatable bonds is 1. The van der Waals surface area contributed by atoms with E-state index in [0.717, 1.165) is 6.54 Å². The minimum atomic E-state index is 0.222. The van der Waals surface area contributed by atoms with Gasteiger partial charge in [-0.2, -0.15) is 0 Å². The van der Waals surface area contributed by atoms with Crippen molar-refractivity contribution in [2.45, 2.75) is 31.7 Å². The SMILES string of the molecule is CC1(c2ccccc2)CCCCN1. The average Bonchev–Trinajstić information content (AvgIpc) is 2.20. The van der Waals surface area contributed by atoms with Gasteiger partial charge in [-0.25, -0.2) is 0 Å². The molecule has 0 bridgehead atoms. The molecule has 1 atom stereocenters. The molecule has 1 unspecified atom stereocenters. The fraction of sp³-hybridized carbons (Fsp3) is 0.500. The summed E-state index contributed by atoms with van der Waals surface area (Å²) in [5.74, 6) is 0. The van der Waals surface area contributed by atoms with Crippen LogP contribution in [0.15, 0.2) is 30.3 Å². The predicted octanol–water partition coefficient (Wildman–Crippen LogP) is 2.68. The molecule has 0 radical (unpaired) electrons. The first-order valence-electron chi connectivity index (χ1n) is 5.12. The minimum absolute atomic E-state index is 0.222. The largest absolute Gasteiger partial charge is 0.308 e. The van der Waals surface area contributed by atoms with Crippen LogP contribution in [0.4, 0.5) is 0 Å². The molecule has 1 N–H and O–H groups in total. The number of nitrogens with one attached hydrogen (secondary N) is 1. The monoisotopic (exact) mass is 175 g/mol. The second-order valence-corrected chi connectivity index (χ2v) is 4.08. The van der Waals surface area contributed by atoms with Crippen molar-refractivity contribution in [3.8, 4) is 0 Å². The summed E-state index contributed by atoms with van der Waals surface area (Å²) < 4.78 is 0. The molecule has 0 amide bonds. The molecule has 1 nitrogen and oxygen atoms in total. The summed E-state index contributed by atoms with van der Waals surface area (Å²) in [5, 5.41) is 3.61. The van der Waals surface area contributed by atoms with Gasteiger partial charge in [0.1, 0.15) is 0 Å². The first-order chi connectivity index (χ1) is 6.31. The van der Waals surface area contributed by atoms with Gasteiger partial charge in [-0.1, -0.05) is 36.8 Å². The van der Waals surface area contributed by atoms with Crippen molar-refractivity contribution in [3.05, 3.63) is 35.9 Å². The molecule has 1 heterocycles. The summed E-state index contributed by atoms with van der Waals surface area (Å²) in [5.41, 5.74) is 1.65. The molecule has 0 saturated carbocycles. The van der Waals surface area contributed by atoms with Crippen molar-refractivity contribution in [2.24, 2.45) is 0 Å². The topological polar surface area (TPSA) is 12.0 Å². The second kappa shape index (κ2) is 3.51. The molecule has 70 valence electrons. The lowest BCUT2D eigenvalue weighted by Gasteiger charge is -2.35. The quantitative estimate of drug-likeness (QED) is 0.692. The first-order valence-corrected chi connectivity index (χ1v) is 5.12. The molecule has 1 aliphatic rings. The third-order valence-electron chi connectivity index (χ3n) is 3.03. The molecule has 1 fully saturated rings. The summed E-state index contributed by atoms with van der Waals surface area (Å²) in [6, 6.07) is 10.8. The molecular weight excluding hydrogens is 158 g/mol. The highest BCUT2D eigenvalue weighted by Crippen LogP contribution is 2.29. The van der Waals surface area contributed by atoms with Crippen molar-refractivity contribution in [1.82, 2.24) is 5.32 Å². The molecule has 0 spiro atoms. The highest BCUT2D eigenvalue weighted by molar-refractivity contribution is 5.23. The minimum Gasteiger partial charge on any atom is -0.308 e. The summed E-state index contributed by atoms with van der Waals surface area (Å²) in [6.07, 6.45) is 3.93. The van der Waals surface area contributed by atoms with Crippen molar-refractivity contribution in [1.29, 1.82) is 0 Å². The third-order valence-corrected chi connectivity index (χ3v) is 3.03. The smallest absolute Gasteiger partial charge is 0.0406 e. The van der Waals surface area contributed by atoms with Crippen LogP contribution in [0.25, 0.3) is 0 Å². The van der Waals surface area contributed by atoms with Gasteiger partial charge >= 0.3 is 0 Å². The van der Waals surface area contributed by atoms with Crippen LogP contribution in [0.1, 0.15) is 31.7 Å². The van der Waals surface area contributed by atoms with Gasteiger partial charge in [-0.05, 0) is 31.9 Å². The van der Waals surface area contributed by atoms with Crippen LogP contribution in [0, 0.1) is 0 Å². The van der Waals surface area contributed by atoms with Gasteiger partial charge in [-0.15, -0.1) is 0 Å². The number of benzene rings is 1. The zero-order valence-corrected chi connectivity index (χ0v) is 8.22. The summed E-state index contributed by atoms with van der Waals surface area (Å²) in [4.78, 5) is 0. The second-order valence-electron chi connectivity index (χ2n) is 4.08. The van der Waals surface area contributed by atoms with Crippen LogP contribution in [0.5, 0.6) is 0 Å². The van der Waals surface area contributed by atoms with E-state index >= 15 is 0 Å².